The minimum atomic E-state index is -4.01. The molecule has 39 heavy (non-hydrogen) atoms. The summed E-state index contributed by atoms with van der Waals surface area (Å²) in [4.78, 5) is 25.8. The molecular weight excluding hydrogens is 578 g/mol. The first-order chi connectivity index (χ1) is 18.4. The van der Waals surface area contributed by atoms with Gasteiger partial charge in [0.2, 0.25) is 16.0 Å². The second-order valence-corrected chi connectivity index (χ2v) is 13.7. The third-order valence-electron chi connectivity index (χ3n) is 6.22. The number of rotatable bonds is 8. The van der Waals surface area contributed by atoms with Crippen LogP contribution in [0.5, 0.6) is 0 Å². The number of sulfonamides is 1. The van der Waals surface area contributed by atoms with E-state index in [2.05, 4.69) is 25.4 Å². The summed E-state index contributed by atoms with van der Waals surface area (Å²) in [5.74, 6) is -0.448. The van der Waals surface area contributed by atoms with E-state index in [4.69, 9.17) is 0 Å². The van der Waals surface area contributed by atoms with Gasteiger partial charge in [0.1, 0.15) is 18.4 Å². The number of aromatic nitrogens is 6. The summed E-state index contributed by atoms with van der Waals surface area (Å²) in [7, 11) is -7.31. The molecule has 1 aliphatic rings. The molecule has 208 valence electrons. The molecule has 0 spiro atoms. The van der Waals surface area contributed by atoms with Gasteiger partial charge >= 0.3 is 0 Å². The molecule has 0 radical (unpaired) electrons. The Morgan fingerprint density at radius 3 is 2.59 bits per heavy atom. The number of nitrogens with zero attached hydrogens (tertiary/aromatic N) is 7. The molecule has 1 aliphatic heterocycles. The van der Waals surface area contributed by atoms with Crippen molar-refractivity contribution in [3.63, 3.8) is 0 Å². The zero-order valence-corrected chi connectivity index (χ0v) is 22.8. The highest BCUT2D eigenvalue weighted by Crippen LogP contribution is 2.28. The van der Waals surface area contributed by atoms with E-state index in [1.165, 1.54) is 16.6 Å². The van der Waals surface area contributed by atoms with Gasteiger partial charge in [0.15, 0.2) is 5.65 Å². The van der Waals surface area contributed by atoms with Gasteiger partial charge in [-0.3, -0.25) is 9.36 Å². The highest BCUT2D eigenvalue weighted by molar-refractivity contribution is 7.89. The predicted octanol–water partition coefficient (Wildman–Crippen LogP) is 1.59. The van der Waals surface area contributed by atoms with E-state index in [9.17, 15) is 30.4 Å². The molecule has 13 nitrogen and oxygen atoms in total. The molecule has 5 heterocycles. The Bertz CT molecular complexity index is 1780. The molecule has 5 rings (SSSR count). The van der Waals surface area contributed by atoms with Gasteiger partial charge in [-0.05, 0) is 30.4 Å². The van der Waals surface area contributed by atoms with Gasteiger partial charge in [0, 0.05) is 35.6 Å². The summed E-state index contributed by atoms with van der Waals surface area (Å²) in [6.07, 6.45) is 2.42. The molecule has 1 fully saturated rings. The van der Waals surface area contributed by atoms with E-state index in [1.54, 1.807) is 5.38 Å². The monoisotopic (exact) mass is 600 g/mol. The molecule has 0 saturated carbocycles. The van der Waals surface area contributed by atoms with Gasteiger partial charge in [0.05, 0.1) is 17.5 Å². The zero-order valence-electron chi connectivity index (χ0n) is 20.3. The quantitative estimate of drug-likeness (QED) is 0.314. The molecule has 0 atom stereocenters. The smallest absolute Gasteiger partial charge is 0.269 e. The van der Waals surface area contributed by atoms with Crippen LogP contribution in [0.4, 0.5) is 14.7 Å². The van der Waals surface area contributed by atoms with Crippen LogP contribution in [0.15, 0.2) is 41.2 Å². The lowest BCUT2D eigenvalue weighted by atomic mass is 10.1. The molecule has 0 amide bonds. The topological polar surface area (TPSA) is 162 Å². The molecule has 1 saturated heterocycles. The van der Waals surface area contributed by atoms with Gasteiger partial charge in [-0.25, -0.2) is 39.9 Å². The fourth-order valence-corrected chi connectivity index (χ4v) is 7.52. The summed E-state index contributed by atoms with van der Waals surface area (Å²) >= 11 is 1.03. The summed E-state index contributed by atoms with van der Waals surface area (Å²) in [5.41, 5.74) is -1.72. The number of hydrogen-bond acceptors (Lipinski definition) is 11. The Labute approximate surface area is 225 Å². The first-order valence-electron chi connectivity index (χ1n) is 11.5. The highest BCUT2D eigenvalue weighted by Gasteiger charge is 2.27. The average Bonchev–Trinajstić information content (AvgIpc) is 3.56. The maximum Gasteiger partial charge on any atom is 0.269 e. The van der Waals surface area contributed by atoms with Crippen molar-refractivity contribution in [3.05, 3.63) is 57.2 Å². The molecule has 0 bridgehead atoms. The van der Waals surface area contributed by atoms with Gasteiger partial charge in [-0.2, -0.15) is 4.98 Å². The number of halogens is 2. The Balaban J connectivity index is 1.54. The van der Waals surface area contributed by atoms with Crippen molar-refractivity contribution in [2.75, 3.05) is 24.7 Å². The SMILES string of the molecule is CS(=O)(=O)N1CCC(Nc2ncc3cc(C(F)F)c(=O)n(-c4ccsc4CS(=O)(=O)n4cncn4)c3n2)CC1. The van der Waals surface area contributed by atoms with Crippen molar-refractivity contribution in [2.24, 2.45) is 0 Å². The van der Waals surface area contributed by atoms with E-state index >= 15 is 0 Å². The molecule has 1 N–H and O–H groups in total. The van der Waals surface area contributed by atoms with Gasteiger partial charge in [0.25, 0.3) is 22.0 Å². The standard InChI is InChI=1S/C21H22F2N8O5S3/c1-38(33,34)29-5-2-14(3-6-29)27-21-25-9-13-8-15(18(22)23)20(32)31(19(13)28-21)16-4-7-37-17(16)10-39(35,36)30-12-24-11-26-30/h4,7-9,11-12,14,18H,2-3,5-6,10H2,1H3,(H,25,27,28). The van der Waals surface area contributed by atoms with Gasteiger partial charge < -0.3 is 5.32 Å². The highest BCUT2D eigenvalue weighted by atomic mass is 32.2. The summed E-state index contributed by atoms with van der Waals surface area (Å²) < 4.78 is 79.9. The van der Waals surface area contributed by atoms with E-state index in [0.717, 1.165) is 40.9 Å². The lowest BCUT2D eigenvalue weighted by Gasteiger charge is -2.30. The number of anilines is 1. The summed E-state index contributed by atoms with van der Waals surface area (Å²) in [5, 5.41) is 8.47. The minimum absolute atomic E-state index is 0.00766. The van der Waals surface area contributed by atoms with E-state index in [0.29, 0.717) is 30.0 Å². The van der Waals surface area contributed by atoms with Crippen LogP contribution >= 0.6 is 11.3 Å². The van der Waals surface area contributed by atoms with Crippen LogP contribution in [0.1, 0.15) is 29.7 Å². The largest absolute Gasteiger partial charge is 0.351 e. The number of thiophene rings is 1. The number of hydrogen-bond donors (Lipinski definition) is 1. The van der Waals surface area contributed by atoms with E-state index < -0.39 is 43.3 Å². The van der Waals surface area contributed by atoms with Crippen LogP contribution in [0.3, 0.4) is 0 Å². The van der Waals surface area contributed by atoms with Crippen molar-refractivity contribution in [3.8, 4) is 5.69 Å². The van der Waals surface area contributed by atoms with Crippen LogP contribution in [-0.4, -0.2) is 75.2 Å². The fraction of sp³-hybridized carbons (Fsp3) is 0.381. The van der Waals surface area contributed by atoms with Crippen LogP contribution in [0.2, 0.25) is 0 Å². The molecule has 4 aromatic rings. The molecule has 0 aliphatic carbocycles. The number of pyridine rings is 1. The maximum atomic E-state index is 13.8. The predicted molar refractivity (Wildman–Crippen MR) is 139 cm³/mol. The van der Waals surface area contributed by atoms with Crippen molar-refractivity contribution in [1.82, 2.24) is 33.0 Å². The summed E-state index contributed by atoms with van der Waals surface area (Å²) in [6, 6.07) is 2.32. The number of fused-ring (bicyclic) bond motifs is 1. The number of nitrogens with one attached hydrogen (secondary N) is 1. The molecule has 4 aromatic heterocycles. The maximum absolute atomic E-state index is 13.8. The second-order valence-electron chi connectivity index (χ2n) is 8.85. The Morgan fingerprint density at radius 2 is 1.95 bits per heavy atom. The Kier molecular flexibility index (Phi) is 7.21. The Hall–Kier alpha value is -3.35. The lowest BCUT2D eigenvalue weighted by Crippen LogP contribution is -2.42. The molecule has 0 unspecified atom stereocenters. The molecule has 0 aromatic carbocycles. The lowest BCUT2D eigenvalue weighted by molar-refractivity contribution is 0.149. The van der Waals surface area contributed by atoms with E-state index in [-0.39, 0.29) is 33.6 Å². The van der Waals surface area contributed by atoms with Crippen LogP contribution in [0.25, 0.3) is 16.7 Å². The van der Waals surface area contributed by atoms with Gasteiger partial charge in [-0.15, -0.1) is 20.5 Å². The van der Waals surface area contributed by atoms with E-state index in [1.807, 2.05) is 0 Å². The number of piperidine rings is 1. The third kappa shape index (κ3) is 5.54. The van der Waals surface area contributed by atoms with Crippen LogP contribution in [0, 0.1) is 0 Å². The zero-order chi connectivity index (χ0) is 27.9. The van der Waals surface area contributed by atoms with Gasteiger partial charge in [-0.1, -0.05) is 0 Å². The van der Waals surface area contributed by atoms with Crippen LogP contribution in [-0.2, 0) is 25.8 Å². The number of alkyl halides is 2. The normalized spacial score (nSPS) is 15.8. The third-order valence-corrected chi connectivity index (χ3v) is 10.0. The first-order valence-corrected chi connectivity index (χ1v) is 15.8. The Morgan fingerprint density at radius 1 is 1.21 bits per heavy atom. The first kappa shape index (κ1) is 27.2. The molecular formula is C21H22F2N8O5S3. The van der Waals surface area contributed by atoms with Crippen molar-refractivity contribution in [1.29, 1.82) is 0 Å². The average molecular weight is 601 g/mol. The van der Waals surface area contributed by atoms with Crippen molar-refractivity contribution < 1.29 is 25.6 Å². The second kappa shape index (κ2) is 10.3. The fourth-order valence-electron chi connectivity index (χ4n) is 4.30. The van der Waals surface area contributed by atoms with Crippen LogP contribution < -0.4 is 10.9 Å². The van der Waals surface area contributed by atoms with Crippen molar-refractivity contribution in [2.45, 2.75) is 31.1 Å². The van der Waals surface area contributed by atoms with Crippen molar-refractivity contribution >= 4 is 48.4 Å². The summed E-state index contributed by atoms with van der Waals surface area (Å²) in [6.45, 7) is 0.621. The minimum Gasteiger partial charge on any atom is -0.351 e. The molecule has 18 heteroatoms.